The Labute approximate surface area is 98.1 Å². The summed E-state index contributed by atoms with van der Waals surface area (Å²) >= 11 is 0. The van der Waals surface area contributed by atoms with Crippen molar-refractivity contribution in [1.82, 2.24) is 10.6 Å². The van der Waals surface area contributed by atoms with Crippen LogP contribution in [-0.2, 0) is 9.53 Å². The molecule has 16 heavy (non-hydrogen) atoms. The van der Waals surface area contributed by atoms with Gasteiger partial charge in [-0.05, 0) is 31.2 Å². The zero-order valence-electron chi connectivity index (χ0n) is 10.4. The lowest BCUT2D eigenvalue weighted by atomic mass is 10.1. The fourth-order valence-electron chi connectivity index (χ4n) is 1.70. The summed E-state index contributed by atoms with van der Waals surface area (Å²) in [5, 5.41) is 6.05. The molecular formula is C12H24N2O2. The monoisotopic (exact) mass is 228 g/mol. The third-order valence-electron chi connectivity index (χ3n) is 2.75. The number of hydrogen-bond donors (Lipinski definition) is 2. The van der Waals surface area contributed by atoms with Crippen LogP contribution in [0.25, 0.3) is 0 Å². The lowest BCUT2D eigenvalue weighted by Gasteiger charge is -2.10. The van der Waals surface area contributed by atoms with Crippen molar-refractivity contribution in [2.24, 2.45) is 11.8 Å². The molecule has 1 aliphatic heterocycles. The highest BCUT2D eigenvalue weighted by atomic mass is 16.5. The molecule has 1 saturated heterocycles. The number of carbonyl (C=O) groups is 1. The minimum absolute atomic E-state index is 0.0939. The summed E-state index contributed by atoms with van der Waals surface area (Å²) in [4.78, 5) is 11.3. The molecule has 1 unspecified atom stereocenters. The second kappa shape index (κ2) is 7.63. The van der Waals surface area contributed by atoms with Crippen molar-refractivity contribution < 1.29 is 9.53 Å². The summed E-state index contributed by atoms with van der Waals surface area (Å²) < 4.78 is 5.29. The van der Waals surface area contributed by atoms with E-state index in [1.165, 1.54) is 6.42 Å². The van der Waals surface area contributed by atoms with E-state index in [0.29, 0.717) is 18.4 Å². The normalized spacial score (nSPS) is 20.3. The second-order valence-corrected chi connectivity index (χ2v) is 4.89. The lowest BCUT2D eigenvalue weighted by Crippen LogP contribution is -2.36. The number of rotatable bonds is 7. The molecule has 1 fully saturated rings. The summed E-state index contributed by atoms with van der Waals surface area (Å²) in [7, 11) is 0. The summed E-state index contributed by atoms with van der Waals surface area (Å²) in [6.45, 7) is 8.07. The fourth-order valence-corrected chi connectivity index (χ4v) is 1.70. The quantitative estimate of drug-likeness (QED) is 0.633. The lowest BCUT2D eigenvalue weighted by molar-refractivity contribution is -0.120. The second-order valence-electron chi connectivity index (χ2n) is 4.89. The van der Waals surface area contributed by atoms with Crippen molar-refractivity contribution in [2.45, 2.75) is 26.7 Å². The van der Waals surface area contributed by atoms with E-state index in [1.807, 2.05) is 0 Å². The number of ether oxygens (including phenoxy) is 1. The molecule has 1 rings (SSSR count). The van der Waals surface area contributed by atoms with Crippen molar-refractivity contribution in [1.29, 1.82) is 0 Å². The topological polar surface area (TPSA) is 50.4 Å². The molecule has 0 radical (unpaired) electrons. The van der Waals surface area contributed by atoms with Gasteiger partial charge in [0.25, 0.3) is 0 Å². The van der Waals surface area contributed by atoms with E-state index in [9.17, 15) is 4.79 Å². The Balaban J connectivity index is 1.91. The van der Waals surface area contributed by atoms with E-state index in [2.05, 4.69) is 24.5 Å². The van der Waals surface area contributed by atoms with E-state index in [4.69, 9.17) is 4.74 Å². The molecular weight excluding hydrogens is 204 g/mol. The number of hydrogen-bond acceptors (Lipinski definition) is 3. The van der Waals surface area contributed by atoms with Crippen molar-refractivity contribution in [3.63, 3.8) is 0 Å². The van der Waals surface area contributed by atoms with Gasteiger partial charge < -0.3 is 15.4 Å². The molecule has 0 aromatic rings. The number of amides is 1. The largest absolute Gasteiger partial charge is 0.381 e. The van der Waals surface area contributed by atoms with Gasteiger partial charge in [0, 0.05) is 19.8 Å². The maximum atomic E-state index is 11.3. The Hall–Kier alpha value is -0.610. The van der Waals surface area contributed by atoms with Gasteiger partial charge in [-0.15, -0.1) is 0 Å². The van der Waals surface area contributed by atoms with Gasteiger partial charge >= 0.3 is 0 Å². The van der Waals surface area contributed by atoms with Crippen molar-refractivity contribution in [3.05, 3.63) is 0 Å². The molecule has 4 heteroatoms. The van der Waals surface area contributed by atoms with Gasteiger partial charge in [0.15, 0.2) is 0 Å². The van der Waals surface area contributed by atoms with Crippen LogP contribution in [0.2, 0.25) is 0 Å². The zero-order chi connectivity index (χ0) is 11.8. The van der Waals surface area contributed by atoms with Crippen LogP contribution in [0.3, 0.4) is 0 Å². The van der Waals surface area contributed by atoms with Crippen LogP contribution in [0.15, 0.2) is 0 Å². The van der Waals surface area contributed by atoms with Crippen LogP contribution >= 0.6 is 0 Å². The molecule has 1 amide bonds. The third kappa shape index (κ3) is 6.08. The maximum absolute atomic E-state index is 11.3. The van der Waals surface area contributed by atoms with Gasteiger partial charge in [-0.25, -0.2) is 0 Å². The molecule has 0 aromatic heterocycles. The highest BCUT2D eigenvalue weighted by Crippen LogP contribution is 2.14. The average Bonchev–Trinajstić information content (AvgIpc) is 2.74. The smallest absolute Gasteiger partial charge is 0.233 e. The van der Waals surface area contributed by atoms with E-state index >= 15 is 0 Å². The summed E-state index contributed by atoms with van der Waals surface area (Å²) in [5.74, 6) is 1.29. The van der Waals surface area contributed by atoms with Crippen molar-refractivity contribution in [2.75, 3.05) is 32.8 Å². The van der Waals surface area contributed by atoms with E-state index < -0.39 is 0 Å². The van der Waals surface area contributed by atoms with E-state index in [1.54, 1.807) is 0 Å². The van der Waals surface area contributed by atoms with E-state index in [-0.39, 0.29) is 5.91 Å². The minimum Gasteiger partial charge on any atom is -0.381 e. The molecule has 94 valence electrons. The average molecular weight is 228 g/mol. The first-order chi connectivity index (χ1) is 7.68. The Bertz CT molecular complexity index is 201. The molecule has 1 aliphatic rings. The SMILES string of the molecule is CC(C)CNC(=O)CNCCC1CCOC1. The maximum Gasteiger partial charge on any atom is 0.233 e. The van der Waals surface area contributed by atoms with Crippen LogP contribution in [0.4, 0.5) is 0 Å². The molecule has 1 heterocycles. The Morgan fingerprint density at radius 3 is 2.94 bits per heavy atom. The molecule has 0 spiro atoms. The summed E-state index contributed by atoms with van der Waals surface area (Å²) in [6, 6.07) is 0. The first-order valence-electron chi connectivity index (χ1n) is 6.23. The van der Waals surface area contributed by atoms with Crippen LogP contribution in [0.1, 0.15) is 26.7 Å². The highest BCUT2D eigenvalue weighted by Gasteiger charge is 2.14. The Morgan fingerprint density at radius 2 is 2.31 bits per heavy atom. The first kappa shape index (κ1) is 13.5. The fraction of sp³-hybridized carbons (Fsp3) is 0.917. The summed E-state index contributed by atoms with van der Waals surface area (Å²) in [6.07, 6.45) is 2.28. The van der Waals surface area contributed by atoms with Crippen molar-refractivity contribution >= 4 is 5.91 Å². The van der Waals surface area contributed by atoms with Crippen molar-refractivity contribution in [3.8, 4) is 0 Å². The zero-order valence-corrected chi connectivity index (χ0v) is 10.4. The van der Waals surface area contributed by atoms with Crippen LogP contribution in [0, 0.1) is 11.8 Å². The van der Waals surface area contributed by atoms with E-state index in [0.717, 1.165) is 32.7 Å². The van der Waals surface area contributed by atoms with Gasteiger partial charge in [-0.3, -0.25) is 4.79 Å². The molecule has 0 aromatic carbocycles. The molecule has 4 nitrogen and oxygen atoms in total. The van der Waals surface area contributed by atoms with Gasteiger partial charge in [0.05, 0.1) is 6.54 Å². The summed E-state index contributed by atoms with van der Waals surface area (Å²) in [5.41, 5.74) is 0. The van der Waals surface area contributed by atoms with Gasteiger partial charge in [0.1, 0.15) is 0 Å². The standard InChI is InChI=1S/C12H24N2O2/c1-10(2)7-14-12(15)8-13-5-3-11-4-6-16-9-11/h10-11,13H,3-9H2,1-2H3,(H,14,15). The molecule has 2 N–H and O–H groups in total. The van der Waals surface area contributed by atoms with Gasteiger partial charge in [0.2, 0.25) is 5.91 Å². The predicted molar refractivity (Wildman–Crippen MR) is 64.3 cm³/mol. The van der Waals surface area contributed by atoms with Crippen LogP contribution in [0.5, 0.6) is 0 Å². The number of carbonyl (C=O) groups excluding carboxylic acids is 1. The number of nitrogens with one attached hydrogen (secondary N) is 2. The Kier molecular flexibility index (Phi) is 6.42. The van der Waals surface area contributed by atoms with Gasteiger partial charge in [-0.1, -0.05) is 13.8 Å². The third-order valence-corrected chi connectivity index (χ3v) is 2.75. The first-order valence-corrected chi connectivity index (χ1v) is 6.23. The molecule has 0 bridgehead atoms. The van der Waals surface area contributed by atoms with Crippen LogP contribution < -0.4 is 10.6 Å². The molecule has 1 atom stereocenters. The highest BCUT2D eigenvalue weighted by molar-refractivity contribution is 5.77. The predicted octanol–water partition coefficient (Wildman–Crippen LogP) is 0.775. The minimum atomic E-state index is 0.0939. The van der Waals surface area contributed by atoms with Gasteiger partial charge in [-0.2, -0.15) is 0 Å². The van der Waals surface area contributed by atoms with Crippen LogP contribution in [-0.4, -0.2) is 38.8 Å². The Morgan fingerprint density at radius 1 is 1.50 bits per heavy atom. The molecule has 0 aliphatic carbocycles. The molecule has 0 saturated carbocycles.